The molecule has 1 aromatic rings. The van der Waals surface area contributed by atoms with Gasteiger partial charge in [-0.1, -0.05) is 0 Å². The molecule has 0 radical (unpaired) electrons. The predicted molar refractivity (Wildman–Crippen MR) is 60.4 cm³/mol. The average molecular weight is 306 g/mol. The summed E-state index contributed by atoms with van der Waals surface area (Å²) in [4.78, 5) is 13.2. The van der Waals surface area contributed by atoms with Crippen molar-refractivity contribution in [1.29, 1.82) is 0 Å². The van der Waals surface area contributed by atoms with Crippen LogP contribution in [0, 0.1) is 0 Å². The Balaban J connectivity index is 2.80. The summed E-state index contributed by atoms with van der Waals surface area (Å²) < 4.78 is 7.52. The summed E-state index contributed by atoms with van der Waals surface area (Å²) >= 11 is 2.44. The molecule has 0 spiro atoms. The van der Waals surface area contributed by atoms with E-state index < -0.39 is 6.10 Å². The molecule has 1 atom stereocenters. The summed E-state index contributed by atoms with van der Waals surface area (Å²) in [7, 11) is 3.44. The van der Waals surface area contributed by atoms with E-state index in [9.17, 15) is 4.79 Å². The van der Waals surface area contributed by atoms with E-state index in [1.165, 1.54) is 4.90 Å². The molecule has 0 aliphatic rings. The SMILES string of the molecule is CC(Oc1ccccc1[CH]=[Ru+])C(=O)N(C)C. The average Bonchev–Trinajstić information content (AvgIpc) is 2.28. The van der Waals surface area contributed by atoms with Gasteiger partial charge >= 0.3 is 106 Å². The molecule has 4 heteroatoms. The third kappa shape index (κ3) is 3.24. The Morgan fingerprint density at radius 1 is 1.44 bits per heavy atom. The van der Waals surface area contributed by atoms with Gasteiger partial charge in [-0.05, 0) is 0 Å². The molecular weight excluding hydrogens is 291 g/mol. The molecule has 3 nitrogen and oxygen atoms in total. The van der Waals surface area contributed by atoms with E-state index in [1.54, 1.807) is 21.0 Å². The number of likely N-dealkylation sites (N-methyl/N-ethyl adjacent to an activating group) is 1. The topological polar surface area (TPSA) is 29.5 Å². The molecule has 1 amide bonds. The molecule has 0 saturated heterocycles. The van der Waals surface area contributed by atoms with Crippen LogP contribution >= 0.6 is 0 Å². The van der Waals surface area contributed by atoms with Crippen LogP contribution in [-0.2, 0) is 22.6 Å². The second-order valence-electron chi connectivity index (χ2n) is 3.63. The Labute approximate surface area is 106 Å². The van der Waals surface area contributed by atoms with E-state index in [4.69, 9.17) is 4.74 Å². The number of carbonyl (C=O) groups excluding carboxylic acids is 1. The molecule has 16 heavy (non-hydrogen) atoms. The molecule has 0 heterocycles. The summed E-state index contributed by atoms with van der Waals surface area (Å²) in [5.41, 5.74) is 0.970. The van der Waals surface area contributed by atoms with E-state index in [0.29, 0.717) is 0 Å². The van der Waals surface area contributed by atoms with Gasteiger partial charge in [0.2, 0.25) is 0 Å². The van der Waals surface area contributed by atoms with Gasteiger partial charge in [0.05, 0.1) is 0 Å². The predicted octanol–water partition coefficient (Wildman–Crippen LogP) is 1.24. The van der Waals surface area contributed by atoms with Gasteiger partial charge in [-0.3, -0.25) is 0 Å². The number of amides is 1. The van der Waals surface area contributed by atoms with Gasteiger partial charge in [0.25, 0.3) is 0 Å². The molecule has 0 aliphatic heterocycles. The van der Waals surface area contributed by atoms with Gasteiger partial charge in [-0.25, -0.2) is 0 Å². The van der Waals surface area contributed by atoms with Crippen molar-refractivity contribution in [2.45, 2.75) is 13.0 Å². The number of ether oxygens (including phenoxy) is 1. The van der Waals surface area contributed by atoms with E-state index in [2.05, 4.69) is 17.9 Å². The molecule has 0 saturated carbocycles. The van der Waals surface area contributed by atoms with Crippen molar-refractivity contribution >= 4 is 10.5 Å². The van der Waals surface area contributed by atoms with Gasteiger partial charge in [-0.15, -0.1) is 0 Å². The number of benzene rings is 1. The summed E-state index contributed by atoms with van der Waals surface area (Å²) in [6.45, 7) is 1.75. The molecule has 1 aromatic carbocycles. The Kier molecular flexibility index (Phi) is 4.81. The van der Waals surface area contributed by atoms with Crippen LogP contribution in [0.15, 0.2) is 24.3 Å². The van der Waals surface area contributed by atoms with Crippen molar-refractivity contribution in [1.82, 2.24) is 4.90 Å². The quantitative estimate of drug-likeness (QED) is 0.783. The number of para-hydroxylation sites is 1. The first kappa shape index (κ1) is 13.1. The van der Waals surface area contributed by atoms with Crippen LogP contribution in [0.4, 0.5) is 0 Å². The van der Waals surface area contributed by atoms with Crippen LogP contribution in [0.5, 0.6) is 5.75 Å². The Morgan fingerprint density at radius 2 is 2.06 bits per heavy atom. The molecule has 1 unspecified atom stereocenters. The van der Waals surface area contributed by atoms with Crippen LogP contribution in [-0.4, -0.2) is 35.6 Å². The number of carbonyl (C=O) groups is 1. The van der Waals surface area contributed by atoms with Crippen LogP contribution < -0.4 is 4.74 Å². The monoisotopic (exact) mass is 307 g/mol. The van der Waals surface area contributed by atoms with Crippen molar-refractivity contribution < 1.29 is 27.4 Å². The Morgan fingerprint density at radius 3 is 2.62 bits per heavy atom. The van der Waals surface area contributed by atoms with Crippen molar-refractivity contribution in [3.63, 3.8) is 0 Å². The molecule has 0 bridgehead atoms. The number of hydrogen-bond acceptors (Lipinski definition) is 2. The molecule has 87 valence electrons. The second-order valence-corrected chi connectivity index (χ2v) is 4.13. The van der Waals surface area contributed by atoms with Crippen molar-refractivity contribution in [3.8, 4) is 5.75 Å². The fourth-order valence-electron chi connectivity index (χ4n) is 1.28. The standard InChI is InChI=1S/C12H15NO2.Ru/c1-9-7-5-6-8-11(9)15-10(2)12(14)13(3)4;/h1,5-8,10H,2-4H3;/q;+1. The molecule has 1 rings (SSSR count). The number of rotatable bonds is 4. The molecule has 0 fully saturated rings. The van der Waals surface area contributed by atoms with Gasteiger partial charge in [0, 0.05) is 0 Å². The zero-order valence-electron chi connectivity index (χ0n) is 9.58. The molecular formula is C12H15NO2Ru+. The van der Waals surface area contributed by atoms with Crippen molar-refractivity contribution in [3.05, 3.63) is 29.8 Å². The van der Waals surface area contributed by atoms with Crippen LogP contribution in [0.25, 0.3) is 0 Å². The Hall–Kier alpha value is -1.02. The molecule has 0 N–H and O–H groups in total. The van der Waals surface area contributed by atoms with Gasteiger partial charge < -0.3 is 0 Å². The Bertz CT molecular complexity index is 390. The number of nitrogens with zero attached hydrogens (tertiary/aromatic N) is 1. The molecule has 0 aliphatic carbocycles. The zero-order chi connectivity index (χ0) is 12.1. The molecule has 0 aromatic heterocycles. The van der Waals surface area contributed by atoms with E-state index in [-0.39, 0.29) is 5.91 Å². The fraction of sp³-hybridized carbons (Fsp3) is 0.333. The number of hydrogen-bond donors (Lipinski definition) is 0. The first-order chi connectivity index (χ1) is 7.56. The summed E-state index contributed by atoms with van der Waals surface area (Å²) in [5, 5.41) is 0. The van der Waals surface area contributed by atoms with Gasteiger partial charge in [-0.2, -0.15) is 0 Å². The summed E-state index contributed by atoms with van der Waals surface area (Å²) in [6.07, 6.45) is -0.470. The fourth-order valence-corrected chi connectivity index (χ4v) is 1.69. The van der Waals surface area contributed by atoms with E-state index >= 15 is 0 Å². The summed E-state index contributed by atoms with van der Waals surface area (Å²) in [6, 6.07) is 7.63. The second kappa shape index (κ2) is 5.90. The zero-order valence-corrected chi connectivity index (χ0v) is 11.3. The van der Waals surface area contributed by atoms with Crippen molar-refractivity contribution in [2.75, 3.05) is 14.1 Å². The van der Waals surface area contributed by atoms with Crippen LogP contribution in [0.2, 0.25) is 0 Å². The first-order valence-corrected chi connectivity index (χ1v) is 5.95. The van der Waals surface area contributed by atoms with Gasteiger partial charge in [0.1, 0.15) is 0 Å². The first-order valence-electron chi connectivity index (χ1n) is 4.95. The van der Waals surface area contributed by atoms with Gasteiger partial charge in [0.15, 0.2) is 0 Å². The third-order valence-electron chi connectivity index (χ3n) is 2.12. The summed E-state index contributed by atoms with van der Waals surface area (Å²) in [5.74, 6) is 0.684. The van der Waals surface area contributed by atoms with E-state index in [0.717, 1.165) is 11.3 Å². The van der Waals surface area contributed by atoms with Crippen LogP contribution in [0.1, 0.15) is 12.5 Å². The normalized spacial score (nSPS) is 11.7. The van der Waals surface area contributed by atoms with E-state index in [1.807, 2.05) is 28.9 Å². The minimum absolute atomic E-state index is 0.0419. The van der Waals surface area contributed by atoms with Crippen molar-refractivity contribution in [2.24, 2.45) is 0 Å². The minimum atomic E-state index is -0.470. The maximum atomic E-state index is 11.6. The van der Waals surface area contributed by atoms with Crippen LogP contribution in [0.3, 0.4) is 0 Å². The maximum absolute atomic E-state index is 11.6. The third-order valence-corrected chi connectivity index (χ3v) is 2.66.